The molecule has 0 aromatic heterocycles. The molecule has 2 aliphatic rings. The van der Waals surface area contributed by atoms with Crippen molar-refractivity contribution in [3.8, 4) is 5.75 Å². The lowest BCUT2D eigenvalue weighted by molar-refractivity contribution is -0.0413. The molecule has 0 radical (unpaired) electrons. The zero-order valence-corrected chi connectivity index (χ0v) is 10.7. The molecule has 1 heterocycles. The number of ether oxygens (including phenoxy) is 1. The van der Waals surface area contributed by atoms with Gasteiger partial charge in [0, 0.05) is 18.1 Å². The van der Waals surface area contributed by atoms with E-state index in [0.29, 0.717) is 18.1 Å². The molecular formula is C15H19FO2. The van der Waals surface area contributed by atoms with E-state index in [9.17, 15) is 9.50 Å². The zero-order valence-electron chi connectivity index (χ0n) is 10.7. The van der Waals surface area contributed by atoms with E-state index in [1.54, 1.807) is 6.07 Å². The summed E-state index contributed by atoms with van der Waals surface area (Å²) in [6.45, 7) is 2.16. The Balaban J connectivity index is 1.99. The van der Waals surface area contributed by atoms with Gasteiger partial charge >= 0.3 is 0 Å². The Bertz CT molecular complexity index is 460. The van der Waals surface area contributed by atoms with Crippen molar-refractivity contribution < 1.29 is 14.2 Å². The van der Waals surface area contributed by atoms with Crippen LogP contribution in [0.2, 0.25) is 0 Å². The van der Waals surface area contributed by atoms with Crippen LogP contribution >= 0.6 is 0 Å². The average Bonchev–Trinajstić information content (AvgIpc) is 2.70. The summed E-state index contributed by atoms with van der Waals surface area (Å²) in [5, 5.41) is 10.3. The van der Waals surface area contributed by atoms with Crippen molar-refractivity contribution in [2.24, 2.45) is 5.92 Å². The minimum atomic E-state index is -0.526. The lowest BCUT2D eigenvalue weighted by atomic mass is 9.80. The normalized spacial score (nSPS) is 34.4. The van der Waals surface area contributed by atoms with E-state index >= 15 is 0 Å². The third kappa shape index (κ3) is 1.72. The van der Waals surface area contributed by atoms with Crippen LogP contribution in [-0.2, 0) is 0 Å². The van der Waals surface area contributed by atoms with Crippen LogP contribution in [0, 0.1) is 11.7 Å². The van der Waals surface area contributed by atoms with Crippen molar-refractivity contribution in [1.29, 1.82) is 0 Å². The van der Waals surface area contributed by atoms with Crippen LogP contribution in [0.5, 0.6) is 5.75 Å². The Morgan fingerprint density at radius 3 is 3.11 bits per heavy atom. The van der Waals surface area contributed by atoms with Crippen molar-refractivity contribution in [2.75, 3.05) is 0 Å². The minimum absolute atomic E-state index is 0.269. The molecule has 1 aliphatic heterocycles. The number of halogens is 1. The third-order valence-electron chi connectivity index (χ3n) is 4.58. The van der Waals surface area contributed by atoms with Gasteiger partial charge in [0.05, 0.1) is 6.10 Å². The summed E-state index contributed by atoms with van der Waals surface area (Å²) in [6.07, 6.45) is 4.42. The van der Waals surface area contributed by atoms with E-state index in [1.165, 1.54) is 12.1 Å². The van der Waals surface area contributed by atoms with E-state index in [4.69, 9.17) is 4.74 Å². The quantitative estimate of drug-likeness (QED) is 0.825. The number of hydrogen-bond donors (Lipinski definition) is 1. The maximum Gasteiger partial charge on any atom is 0.128 e. The molecule has 1 aromatic carbocycles. The predicted octanol–water partition coefficient (Wildman–Crippen LogP) is 3.59. The molecule has 2 nitrogen and oxygen atoms in total. The van der Waals surface area contributed by atoms with Gasteiger partial charge in [-0.3, -0.25) is 0 Å². The van der Waals surface area contributed by atoms with Crippen LogP contribution in [0.1, 0.15) is 50.7 Å². The van der Waals surface area contributed by atoms with Gasteiger partial charge in [0.25, 0.3) is 0 Å². The fraction of sp³-hybridized carbons (Fsp3) is 0.600. The molecule has 1 aliphatic carbocycles. The summed E-state index contributed by atoms with van der Waals surface area (Å²) in [6, 6.07) is 4.43. The van der Waals surface area contributed by atoms with Gasteiger partial charge in [0.1, 0.15) is 17.2 Å². The summed E-state index contributed by atoms with van der Waals surface area (Å²) in [4.78, 5) is 0. The second-order valence-corrected chi connectivity index (χ2v) is 5.57. The number of rotatable bonds is 1. The maximum absolute atomic E-state index is 13.3. The molecule has 3 unspecified atom stereocenters. The lowest BCUT2D eigenvalue weighted by Crippen LogP contribution is -2.44. The van der Waals surface area contributed by atoms with Crippen LogP contribution in [-0.4, -0.2) is 10.7 Å². The average molecular weight is 250 g/mol. The molecular weight excluding hydrogens is 231 g/mol. The monoisotopic (exact) mass is 250 g/mol. The van der Waals surface area contributed by atoms with Gasteiger partial charge in [-0.2, -0.15) is 0 Å². The maximum atomic E-state index is 13.3. The Labute approximate surface area is 107 Å². The first-order valence-corrected chi connectivity index (χ1v) is 6.81. The van der Waals surface area contributed by atoms with Gasteiger partial charge < -0.3 is 9.84 Å². The number of hydrogen-bond acceptors (Lipinski definition) is 2. The van der Waals surface area contributed by atoms with Crippen LogP contribution in [0.15, 0.2) is 18.2 Å². The highest BCUT2D eigenvalue weighted by Gasteiger charge is 2.48. The molecule has 1 saturated carbocycles. The standard InChI is InChI=1S/C15H19FO2/c1-2-10-4-3-7-15(10)9-13(17)12-6-5-11(16)8-14(12)18-15/h5-6,8,10,13,17H,2-4,7,9H2,1H3. The van der Waals surface area contributed by atoms with Crippen molar-refractivity contribution >= 4 is 0 Å². The highest BCUT2D eigenvalue weighted by atomic mass is 19.1. The highest BCUT2D eigenvalue weighted by Crippen LogP contribution is 2.50. The molecule has 3 atom stereocenters. The van der Waals surface area contributed by atoms with Gasteiger partial charge in [-0.1, -0.05) is 6.92 Å². The highest BCUT2D eigenvalue weighted by molar-refractivity contribution is 5.39. The van der Waals surface area contributed by atoms with E-state index in [-0.39, 0.29) is 11.4 Å². The molecule has 1 spiro atoms. The summed E-state index contributed by atoms with van der Waals surface area (Å²) in [5.74, 6) is 0.710. The van der Waals surface area contributed by atoms with Crippen LogP contribution < -0.4 is 4.74 Å². The summed E-state index contributed by atoms with van der Waals surface area (Å²) in [5.41, 5.74) is 0.457. The molecule has 3 rings (SSSR count). The number of aliphatic hydroxyl groups excluding tert-OH is 1. The smallest absolute Gasteiger partial charge is 0.128 e. The predicted molar refractivity (Wildman–Crippen MR) is 67.0 cm³/mol. The molecule has 0 amide bonds. The van der Waals surface area contributed by atoms with Gasteiger partial charge in [-0.15, -0.1) is 0 Å². The van der Waals surface area contributed by atoms with Crippen molar-refractivity contribution in [1.82, 2.24) is 0 Å². The SMILES string of the molecule is CCC1CCCC12CC(O)c1ccc(F)cc1O2. The van der Waals surface area contributed by atoms with Gasteiger partial charge in [0.15, 0.2) is 0 Å². The Kier molecular flexibility index (Phi) is 2.81. The fourth-order valence-electron chi connectivity index (χ4n) is 3.66. The molecule has 98 valence electrons. The zero-order chi connectivity index (χ0) is 12.8. The minimum Gasteiger partial charge on any atom is -0.486 e. The van der Waals surface area contributed by atoms with E-state index in [0.717, 1.165) is 31.2 Å². The van der Waals surface area contributed by atoms with Crippen molar-refractivity contribution in [3.05, 3.63) is 29.6 Å². The molecule has 1 N–H and O–H groups in total. The summed E-state index contributed by atoms with van der Waals surface area (Å²) >= 11 is 0. The molecule has 0 saturated heterocycles. The largest absolute Gasteiger partial charge is 0.486 e. The van der Waals surface area contributed by atoms with Crippen LogP contribution in [0.25, 0.3) is 0 Å². The second kappa shape index (κ2) is 4.23. The molecule has 3 heteroatoms. The molecule has 18 heavy (non-hydrogen) atoms. The second-order valence-electron chi connectivity index (χ2n) is 5.57. The van der Waals surface area contributed by atoms with Gasteiger partial charge in [-0.25, -0.2) is 4.39 Å². The third-order valence-corrected chi connectivity index (χ3v) is 4.58. The Hall–Kier alpha value is -1.09. The first-order valence-electron chi connectivity index (χ1n) is 6.81. The van der Waals surface area contributed by atoms with Crippen LogP contribution in [0.4, 0.5) is 4.39 Å². The summed E-state index contributed by atoms with van der Waals surface area (Å²) in [7, 11) is 0. The van der Waals surface area contributed by atoms with Crippen molar-refractivity contribution in [3.63, 3.8) is 0 Å². The van der Waals surface area contributed by atoms with Crippen LogP contribution in [0.3, 0.4) is 0 Å². The number of fused-ring (bicyclic) bond motifs is 1. The Morgan fingerprint density at radius 2 is 2.33 bits per heavy atom. The summed E-state index contributed by atoms with van der Waals surface area (Å²) < 4.78 is 19.4. The van der Waals surface area contributed by atoms with E-state index in [2.05, 4.69) is 6.92 Å². The topological polar surface area (TPSA) is 29.5 Å². The first kappa shape index (κ1) is 12.0. The Morgan fingerprint density at radius 1 is 1.50 bits per heavy atom. The number of benzene rings is 1. The number of aliphatic hydroxyl groups is 1. The van der Waals surface area contributed by atoms with E-state index in [1.807, 2.05) is 0 Å². The van der Waals surface area contributed by atoms with Gasteiger partial charge in [0.2, 0.25) is 0 Å². The molecule has 0 bridgehead atoms. The van der Waals surface area contributed by atoms with Crippen molar-refractivity contribution in [2.45, 2.75) is 50.7 Å². The molecule has 1 aromatic rings. The fourth-order valence-corrected chi connectivity index (χ4v) is 3.66. The van der Waals surface area contributed by atoms with E-state index < -0.39 is 6.10 Å². The lowest BCUT2D eigenvalue weighted by Gasteiger charge is -2.42. The molecule has 1 fully saturated rings. The van der Waals surface area contributed by atoms with Gasteiger partial charge in [-0.05, 0) is 43.7 Å². The first-order chi connectivity index (χ1) is 8.64.